The molecule has 5 N–H and O–H groups in total. The molecule has 0 radical (unpaired) electrons. The van der Waals surface area contributed by atoms with Crippen molar-refractivity contribution in [1.29, 1.82) is 0 Å². The first kappa shape index (κ1) is 33.5. The third kappa shape index (κ3) is 7.39. The third-order valence-corrected chi connectivity index (χ3v) is 9.55. The molecular formula is C31H35ClN6O7S. The largest absolute Gasteiger partial charge is 0.631 e. The van der Waals surface area contributed by atoms with Gasteiger partial charge in [0.05, 0.1) is 23.7 Å². The van der Waals surface area contributed by atoms with Crippen LogP contribution in [-0.2, 0) is 24.4 Å². The normalized spacial score (nSPS) is 20.8. The van der Waals surface area contributed by atoms with Crippen molar-refractivity contribution in [3.63, 3.8) is 0 Å². The van der Waals surface area contributed by atoms with Gasteiger partial charge in [-0.05, 0) is 92.2 Å². The summed E-state index contributed by atoms with van der Waals surface area (Å²) in [4.78, 5) is 40.5. The fourth-order valence-electron chi connectivity index (χ4n) is 5.58. The predicted octanol–water partition coefficient (Wildman–Crippen LogP) is 2.51. The summed E-state index contributed by atoms with van der Waals surface area (Å²) in [7, 11) is -4.19. The number of halogens is 1. The van der Waals surface area contributed by atoms with Crippen molar-refractivity contribution in [3.8, 4) is 11.5 Å². The highest BCUT2D eigenvalue weighted by Crippen LogP contribution is 2.39. The van der Waals surface area contributed by atoms with Gasteiger partial charge in [0.15, 0.2) is 12.6 Å². The molecule has 2 saturated heterocycles. The Kier molecular flexibility index (Phi) is 10.4. The number of piperazine rings is 1. The second kappa shape index (κ2) is 14.3. The number of hydroxylamine groups is 3. The van der Waals surface area contributed by atoms with Gasteiger partial charge < -0.3 is 20.3 Å². The first-order chi connectivity index (χ1) is 22.0. The lowest BCUT2D eigenvalue weighted by Crippen LogP contribution is -2.71. The van der Waals surface area contributed by atoms with Gasteiger partial charge in [-0.2, -0.15) is 0 Å². The van der Waals surface area contributed by atoms with Gasteiger partial charge in [-0.25, -0.2) is 18.0 Å². The number of unbranched alkanes of at least 4 members (excludes halogenated alkanes) is 1. The Bertz CT molecular complexity index is 1670. The topological polar surface area (TPSA) is 183 Å². The van der Waals surface area contributed by atoms with Gasteiger partial charge in [0.1, 0.15) is 17.5 Å². The quantitative estimate of drug-likeness (QED) is 0.102. The maximum atomic E-state index is 14.6. The van der Waals surface area contributed by atoms with Crippen molar-refractivity contribution < 1.29 is 32.2 Å². The van der Waals surface area contributed by atoms with Crippen LogP contribution < -0.4 is 30.7 Å². The van der Waals surface area contributed by atoms with E-state index in [9.17, 15) is 28.0 Å². The minimum Gasteiger partial charge on any atom is -0.631 e. The number of ether oxygens (including phenoxy) is 1. The van der Waals surface area contributed by atoms with E-state index >= 15 is 0 Å². The lowest BCUT2D eigenvalue weighted by Gasteiger charge is -2.56. The van der Waals surface area contributed by atoms with Crippen LogP contribution in [0.4, 0.5) is 5.69 Å². The first-order valence-corrected chi connectivity index (χ1v) is 16.6. The minimum absolute atomic E-state index is 0.00213. The van der Waals surface area contributed by atoms with Crippen LogP contribution in [-0.4, -0.2) is 69.7 Å². The number of amides is 3. The van der Waals surface area contributed by atoms with E-state index in [4.69, 9.17) is 22.1 Å². The highest BCUT2D eigenvalue weighted by atomic mass is 35.5. The van der Waals surface area contributed by atoms with Crippen molar-refractivity contribution >= 4 is 45.0 Å². The lowest BCUT2D eigenvalue weighted by molar-refractivity contribution is -0.918. The monoisotopic (exact) mass is 670 g/mol. The van der Waals surface area contributed by atoms with Gasteiger partial charge in [0, 0.05) is 23.7 Å². The van der Waals surface area contributed by atoms with Gasteiger partial charge in [-0.1, -0.05) is 11.6 Å². The molecule has 2 heterocycles. The number of nitrogens with one attached hydrogen (secondary N) is 3. The van der Waals surface area contributed by atoms with Crippen LogP contribution in [0.5, 0.6) is 11.5 Å². The molecule has 0 spiro atoms. The smallest absolute Gasteiger partial charge is 0.297 e. The van der Waals surface area contributed by atoms with E-state index in [0.29, 0.717) is 61.2 Å². The Labute approximate surface area is 271 Å². The fourth-order valence-corrected chi connectivity index (χ4v) is 6.72. The van der Waals surface area contributed by atoms with E-state index in [0.717, 1.165) is 4.90 Å². The molecule has 2 unspecified atom stereocenters. The Hall–Kier alpha value is -3.89. The third-order valence-electron chi connectivity index (χ3n) is 7.91. The van der Waals surface area contributed by atoms with Crippen LogP contribution in [0.15, 0.2) is 77.7 Å². The molecule has 13 nitrogen and oxygen atoms in total. The van der Waals surface area contributed by atoms with Crippen LogP contribution in [0.2, 0.25) is 5.02 Å². The Morgan fingerprint density at radius 2 is 1.59 bits per heavy atom. The van der Waals surface area contributed by atoms with Gasteiger partial charge in [0.2, 0.25) is 5.91 Å². The molecule has 3 aromatic rings. The number of imide groups is 1. The average Bonchev–Trinajstić information content (AvgIpc) is 3.03. The summed E-state index contributed by atoms with van der Waals surface area (Å²) in [5, 5.41) is 21.4. The van der Waals surface area contributed by atoms with Crippen LogP contribution >= 0.6 is 11.6 Å². The van der Waals surface area contributed by atoms with Gasteiger partial charge in [0.25, 0.3) is 21.8 Å². The highest BCUT2D eigenvalue weighted by molar-refractivity contribution is 7.90. The number of sulfonamides is 1. The van der Waals surface area contributed by atoms with Crippen molar-refractivity contribution in [2.45, 2.75) is 36.2 Å². The van der Waals surface area contributed by atoms with Crippen molar-refractivity contribution in [1.82, 2.24) is 15.4 Å². The van der Waals surface area contributed by atoms with Gasteiger partial charge >= 0.3 is 0 Å². The van der Waals surface area contributed by atoms with Crippen LogP contribution in [0.3, 0.4) is 0 Å². The molecule has 2 aliphatic heterocycles. The Balaban J connectivity index is 1.41. The van der Waals surface area contributed by atoms with E-state index in [-0.39, 0.29) is 17.0 Å². The zero-order chi connectivity index (χ0) is 32.9. The molecule has 15 heteroatoms. The minimum atomic E-state index is -4.19. The van der Waals surface area contributed by atoms with Crippen LogP contribution in [0.25, 0.3) is 0 Å². The number of anilines is 1. The molecule has 2 fully saturated rings. The molecule has 46 heavy (non-hydrogen) atoms. The highest BCUT2D eigenvalue weighted by Gasteiger charge is 2.52. The number of rotatable bonds is 11. The van der Waals surface area contributed by atoms with Crippen molar-refractivity contribution in [2.75, 3.05) is 37.7 Å². The van der Waals surface area contributed by atoms with Crippen LogP contribution in [0, 0.1) is 5.21 Å². The first-order valence-electron chi connectivity index (χ1n) is 14.8. The van der Waals surface area contributed by atoms with E-state index in [2.05, 4.69) is 10.6 Å². The number of carbonyl (C=O) groups excluding carboxylic acids is 3. The second-order valence-corrected chi connectivity index (χ2v) is 13.2. The van der Waals surface area contributed by atoms with Crippen LogP contribution in [0.1, 0.15) is 30.9 Å². The molecule has 3 aromatic carbocycles. The maximum absolute atomic E-state index is 14.6. The van der Waals surface area contributed by atoms with Gasteiger partial charge in [-0.15, -0.1) is 0 Å². The summed E-state index contributed by atoms with van der Waals surface area (Å²) in [6, 6.07) is 16.4. The summed E-state index contributed by atoms with van der Waals surface area (Å²) in [5.41, 5.74) is 5.91. The molecular weight excluding hydrogens is 636 g/mol. The molecule has 0 aromatic heterocycles. The maximum Gasteiger partial charge on any atom is 0.297 e. The lowest BCUT2D eigenvalue weighted by atomic mass is 9.96. The number of nitrogens with zero attached hydrogens (tertiary/aromatic N) is 2. The number of benzene rings is 3. The molecule has 3 amide bonds. The SMILES string of the molecule is NCCCCC(=O)NS(=O)(=O)c1ccc(N2C(=O)C[N+]([O-])(C3CNCNC3)C(c3ccc(Oc4ccc(Cl)cc4)cc3)C2=O)cc1. The molecule has 2 aliphatic rings. The molecule has 5 rings (SSSR count). The van der Waals surface area contributed by atoms with Gasteiger partial charge in [-0.3, -0.25) is 25.0 Å². The summed E-state index contributed by atoms with van der Waals surface area (Å²) in [6.45, 7) is 0.967. The molecule has 0 bridgehead atoms. The van der Waals surface area contributed by atoms with Crippen molar-refractivity contribution in [3.05, 3.63) is 88.6 Å². The standard InChI is InChI=1S/C31H35ClN6O7S/c32-22-6-12-26(13-7-22)45-25-10-4-21(5-11-25)30-31(41)37(29(40)19-38(30,42)24-17-34-20-35-18-24)23-8-14-27(15-9-23)46(43,44)36-28(39)3-1-2-16-33/h4-15,24,30,34-35H,1-3,16-20,33H2,(H,36,39). The van der Waals surface area contributed by atoms with Crippen molar-refractivity contribution in [2.24, 2.45) is 5.73 Å². The molecule has 0 aliphatic carbocycles. The number of carbonyl (C=O) groups is 3. The van der Waals surface area contributed by atoms with E-state index in [1.807, 2.05) is 4.72 Å². The Morgan fingerprint density at radius 1 is 0.978 bits per heavy atom. The van der Waals surface area contributed by atoms with E-state index < -0.39 is 51.0 Å². The summed E-state index contributed by atoms with van der Waals surface area (Å²) >= 11 is 5.96. The Morgan fingerprint density at radius 3 is 2.20 bits per heavy atom. The number of nitrogens with two attached hydrogens (primary N) is 1. The van der Waals surface area contributed by atoms with E-state index in [1.165, 1.54) is 24.3 Å². The summed E-state index contributed by atoms with van der Waals surface area (Å²) in [6.07, 6.45) is 1.03. The second-order valence-electron chi connectivity index (χ2n) is 11.1. The van der Waals surface area contributed by atoms with E-state index in [1.54, 1.807) is 48.5 Å². The summed E-state index contributed by atoms with van der Waals surface area (Å²) < 4.78 is 32.3. The zero-order valence-corrected chi connectivity index (χ0v) is 26.4. The molecule has 0 saturated carbocycles. The number of hydrogen-bond acceptors (Lipinski definition) is 10. The summed E-state index contributed by atoms with van der Waals surface area (Å²) in [5.74, 6) is -1.11. The zero-order valence-electron chi connectivity index (χ0n) is 24.9. The fraction of sp³-hybridized carbons (Fsp3) is 0.323. The molecule has 2 atom stereocenters. The molecule has 244 valence electrons. The average molecular weight is 671 g/mol. The predicted molar refractivity (Wildman–Crippen MR) is 171 cm³/mol. The number of hydrogen-bond donors (Lipinski definition) is 4. The number of quaternary nitrogens is 1.